The van der Waals surface area contributed by atoms with Gasteiger partial charge in [0, 0.05) is 33.8 Å². The molecular formula is H4CoFeLiO4P. The number of rotatable bonds is 0. The Morgan fingerprint density at radius 1 is 1.25 bits per heavy atom. The van der Waals surface area contributed by atoms with Crippen molar-refractivity contribution in [2.75, 3.05) is 0 Å². The smallest absolute Gasteiger partial charge is 1.00 e. The van der Waals surface area contributed by atoms with Crippen molar-refractivity contribution in [3.8, 4) is 0 Å². The van der Waals surface area contributed by atoms with Crippen LogP contribution in [0, 0.1) is 0 Å². The molecule has 1 radical (unpaired) electrons. The molecule has 51 valence electrons. The maximum absolute atomic E-state index is 8.88. The Hall–Kier alpha value is 1.73. The maximum atomic E-state index is 8.88. The third-order valence-corrected chi connectivity index (χ3v) is 0. The first-order valence-electron chi connectivity index (χ1n) is 0.783. The number of phosphoric acid groups is 1. The molecule has 3 N–H and O–H groups in total. The van der Waals surface area contributed by atoms with Gasteiger partial charge in [0.15, 0.2) is 0 Å². The summed E-state index contributed by atoms with van der Waals surface area (Å²) in [6, 6.07) is 0. The van der Waals surface area contributed by atoms with Gasteiger partial charge in [0.2, 0.25) is 0 Å². The van der Waals surface area contributed by atoms with Crippen LogP contribution in [0.2, 0.25) is 0 Å². The second-order valence-corrected chi connectivity index (χ2v) is 1.54. The SMILES string of the molecule is O=P(O)(O)O.[Co].[Fe].[H-].[Li+]. The van der Waals surface area contributed by atoms with Crippen molar-refractivity contribution in [2.24, 2.45) is 0 Å². The zero-order valence-electron chi connectivity index (χ0n) is 4.88. The summed E-state index contributed by atoms with van der Waals surface area (Å²) < 4.78 is 8.88. The summed E-state index contributed by atoms with van der Waals surface area (Å²) in [6.07, 6.45) is 0. The maximum Gasteiger partial charge on any atom is 1.00 e. The van der Waals surface area contributed by atoms with Crippen LogP contribution >= 0.6 is 7.82 Å². The summed E-state index contributed by atoms with van der Waals surface area (Å²) in [5.41, 5.74) is 0. The first-order chi connectivity index (χ1) is 2.00. The Morgan fingerprint density at radius 3 is 1.25 bits per heavy atom. The van der Waals surface area contributed by atoms with Gasteiger partial charge >= 0.3 is 26.7 Å². The van der Waals surface area contributed by atoms with Crippen LogP contribution in [0.25, 0.3) is 0 Å². The minimum atomic E-state index is -4.64. The van der Waals surface area contributed by atoms with Crippen molar-refractivity contribution in [3.63, 3.8) is 0 Å². The Balaban J connectivity index is -0.0000000133. The molecule has 0 saturated carbocycles. The Kier molecular flexibility index (Phi) is 24.7. The van der Waals surface area contributed by atoms with Crippen LogP contribution < -0.4 is 18.9 Å². The monoisotopic (exact) mass is 221 g/mol. The van der Waals surface area contributed by atoms with Crippen LogP contribution in [0.5, 0.6) is 0 Å². The molecule has 0 saturated heterocycles. The molecule has 0 rings (SSSR count). The van der Waals surface area contributed by atoms with Crippen molar-refractivity contribution >= 4 is 7.82 Å². The Bertz CT molecular complexity index is 66.7. The second-order valence-electron chi connectivity index (χ2n) is 0.513. The van der Waals surface area contributed by atoms with Crippen LogP contribution in [0.1, 0.15) is 1.43 Å². The van der Waals surface area contributed by atoms with E-state index >= 15 is 0 Å². The van der Waals surface area contributed by atoms with Gasteiger partial charge in [-0.05, 0) is 0 Å². The van der Waals surface area contributed by atoms with Gasteiger partial charge in [0.1, 0.15) is 0 Å². The summed E-state index contributed by atoms with van der Waals surface area (Å²) >= 11 is 0. The van der Waals surface area contributed by atoms with Crippen molar-refractivity contribution in [2.45, 2.75) is 0 Å². The van der Waals surface area contributed by atoms with Crippen molar-refractivity contribution in [3.05, 3.63) is 0 Å². The normalized spacial score (nSPS) is 7.38. The fraction of sp³-hybridized carbons (Fsp3) is 0. The van der Waals surface area contributed by atoms with Crippen molar-refractivity contribution in [1.29, 1.82) is 0 Å². The Morgan fingerprint density at radius 2 is 1.25 bits per heavy atom. The molecule has 0 unspecified atom stereocenters. The summed E-state index contributed by atoms with van der Waals surface area (Å²) in [7, 11) is -4.64. The van der Waals surface area contributed by atoms with Gasteiger partial charge in [-0.15, -0.1) is 0 Å². The molecule has 0 bridgehead atoms. The van der Waals surface area contributed by atoms with E-state index in [2.05, 4.69) is 0 Å². The van der Waals surface area contributed by atoms with E-state index in [9.17, 15) is 0 Å². The average Bonchev–Trinajstić information content (AvgIpc) is 0.722. The molecule has 0 aliphatic rings. The van der Waals surface area contributed by atoms with Gasteiger partial charge in [-0.2, -0.15) is 0 Å². The minimum absolute atomic E-state index is 0. The van der Waals surface area contributed by atoms with E-state index in [1.807, 2.05) is 0 Å². The van der Waals surface area contributed by atoms with Crippen LogP contribution in [0.4, 0.5) is 0 Å². The van der Waals surface area contributed by atoms with E-state index in [1.54, 1.807) is 0 Å². The zero-order valence-corrected chi connectivity index (χ0v) is 6.92. The predicted octanol–water partition coefficient (Wildman–Crippen LogP) is -3.82. The van der Waals surface area contributed by atoms with Gasteiger partial charge in [0.05, 0.1) is 0 Å². The molecule has 0 aliphatic carbocycles. The number of hydrogen-bond acceptors (Lipinski definition) is 1. The van der Waals surface area contributed by atoms with E-state index in [-0.39, 0.29) is 54.1 Å². The second kappa shape index (κ2) is 8.73. The van der Waals surface area contributed by atoms with Gasteiger partial charge in [0.25, 0.3) is 0 Å². The number of hydrogen-bond donors (Lipinski definition) is 3. The molecule has 0 aromatic rings. The van der Waals surface area contributed by atoms with Gasteiger partial charge in [-0.25, -0.2) is 4.57 Å². The first-order valence-corrected chi connectivity index (χ1v) is 2.35. The van der Waals surface area contributed by atoms with E-state index in [0.717, 1.165) is 0 Å². The molecular weight excluding hydrogens is 217 g/mol. The summed E-state index contributed by atoms with van der Waals surface area (Å²) in [4.78, 5) is 21.6. The molecule has 0 aromatic heterocycles. The largest absolute Gasteiger partial charge is 1.00 e. The van der Waals surface area contributed by atoms with E-state index < -0.39 is 7.82 Å². The van der Waals surface area contributed by atoms with Crippen molar-refractivity contribution < 1.29 is 73.4 Å². The van der Waals surface area contributed by atoms with Crippen LogP contribution in [0.15, 0.2) is 0 Å². The van der Waals surface area contributed by atoms with Crippen LogP contribution in [0.3, 0.4) is 0 Å². The van der Waals surface area contributed by atoms with Gasteiger partial charge in [-0.1, -0.05) is 0 Å². The molecule has 0 atom stereocenters. The topological polar surface area (TPSA) is 77.8 Å². The van der Waals surface area contributed by atoms with Crippen LogP contribution in [-0.2, 0) is 38.4 Å². The molecule has 0 aromatic carbocycles. The van der Waals surface area contributed by atoms with Crippen molar-refractivity contribution in [1.82, 2.24) is 0 Å². The zero-order chi connectivity index (χ0) is 4.50. The Labute approximate surface area is 81.0 Å². The van der Waals surface area contributed by atoms with Gasteiger partial charge in [-0.3, -0.25) is 0 Å². The summed E-state index contributed by atoms with van der Waals surface area (Å²) in [6.45, 7) is 0. The predicted molar refractivity (Wildman–Crippen MR) is 15.4 cm³/mol. The molecule has 0 amide bonds. The molecule has 8 heteroatoms. The molecule has 4 nitrogen and oxygen atoms in total. The molecule has 0 aliphatic heterocycles. The molecule has 0 spiro atoms. The van der Waals surface area contributed by atoms with E-state index in [4.69, 9.17) is 19.2 Å². The average molecular weight is 221 g/mol. The first kappa shape index (κ1) is 22.6. The fourth-order valence-corrected chi connectivity index (χ4v) is 0. The molecule has 0 heterocycles. The summed E-state index contributed by atoms with van der Waals surface area (Å²) in [5, 5.41) is 0. The third kappa shape index (κ3) is 117. The molecule has 0 fully saturated rings. The van der Waals surface area contributed by atoms with E-state index in [1.165, 1.54) is 0 Å². The third-order valence-electron chi connectivity index (χ3n) is 0. The molecule has 8 heavy (non-hydrogen) atoms. The quantitative estimate of drug-likeness (QED) is 0.289. The standard InChI is InChI=1S/Co.Fe.Li.H3O4P.H/c;;;1-5(2,3)4;/h;;;(H3,1,2,3,4);/q;;+1;;-1. The fourth-order valence-electron chi connectivity index (χ4n) is 0. The summed E-state index contributed by atoms with van der Waals surface area (Å²) in [5.74, 6) is 0. The van der Waals surface area contributed by atoms with Gasteiger partial charge < -0.3 is 16.1 Å². The van der Waals surface area contributed by atoms with E-state index in [0.29, 0.717) is 0 Å². The van der Waals surface area contributed by atoms with Crippen LogP contribution in [-0.4, -0.2) is 14.7 Å². The minimum Gasteiger partial charge on any atom is -1.00 e.